The normalized spacial score (nSPS) is 32.5. The second-order valence-electron chi connectivity index (χ2n) is 5.20. The number of likely N-dealkylation sites (tertiary alicyclic amines) is 1. The summed E-state index contributed by atoms with van der Waals surface area (Å²) in [5, 5.41) is 8.80. The molecule has 0 aliphatic carbocycles. The van der Waals surface area contributed by atoms with Crippen LogP contribution in [0.4, 0.5) is 0 Å². The molecule has 0 aromatic heterocycles. The van der Waals surface area contributed by atoms with E-state index in [0.717, 1.165) is 12.8 Å². The van der Waals surface area contributed by atoms with E-state index in [4.69, 9.17) is 15.6 Å². The largest absolute Gasteiger partial charge is 0.481 e. The van der Waals surface area contributed by atoms with E-state index in [1.807, 2.05) is 0 Å². The molecule has 3 unspecified atom stereocenters. The Bertz CT molecular complexity index is 334. The van der Waals surface area contributed by atoms with Crippen LogP contribution in [0.1, 0.15) is 19.3 Å². The maximum Gasteiger partial charge on any atom is 0.303 e. The number of piperidine rings is 1. The lowest BCUT2D eigenvalue weighted by Crippen LogP contribution is -2.47. The molecule has 1 amide bonds. The van der Waals surface area contributed by atoms with E-state index in [1.54, 1.807) is 4.90 Å². The van der Waals surface area contributed by atoms with Gasteiger partial charge in [-0.1, -0.05) is 0 Å². The lowest BCUT2D eigenvalue weighted by Gasteiger charge is -2.34. The molecule has 2 fully saturated rings. The van der Waals surface area contributed by atoms with Gasteiger partial charge < -0.3 is 20.5 Å². The zero-order valence-electron chi connectivity index (χ0n) is 10.4. The first kappa shape index (κ1) is 13.3. The molecule has 2 rings (SSSR count). The van der Waals surface area contributed by atoms with Gasteiger partial charge in [-0.05, 0) is 18.8 Å². The predicted octanol–water partition coefficient (Wildman–Crippen LogP) is -0.327. The van der Waals surface area contributed by atoms with Crippen molar-refractivity contribution in [3.8, 4) is 0 Å². The highest BCUT2D eigenvalue weighted by molar-refractivity contribution is 5.80. The third kappa shape index (κ3) is 3.00. The van der Waals surface area contributed by atoms with E-state index in [1.165, 1.54) is 0 Å². The fraction of sp³-hybridized carbons (Fsp3) is 0.833. The minimum atomic E-state index is -0.796. The molecule has 0 spiro atoms. The van der Waals surface area contributed by atoms with Gasteiger partial charge >= 0.3 is 5.97 Å². The molecule has 0 radical (unpaired) electrons. The van der Waals surface area contributed by atoms with E-state index in [-0.39, 0.29) is 30.2 Å². The Labute approximate surface area is 106 Å². The molecular formula is C12H20N2O4. The molecule has 2 saturated heterocycles. The average Bonchev–Trinajstić information content (AvgIpc) is 2.74. The van der Waals surface area contributed by atoms with Crippen molar-refractivity contribution in [1.29, 1.82) is 0 Å². The smallest absolute Gasteiger partial charge is 0.303 e. The highest BCUT2D eigenvalue weighted by atomic mass is 16.5. The fourth-order valence-electron chi connectivity index (χ4n) is 2.74. The Morgan fingerprint density at radius 1 is 1.39 bits per heavy atom. The van der Waals surface area contributed by atoms with E-state index >= 15 is 0 Å². The van der Waals surface area contributed by atoms with Gasteiger partial charge in [0.25, 0.3) is 0 Å². The van der Waals surface area contributed by atoms with Gasteiger partial charge in [-0.3, -0.25) is 9.59 Å². The first-order valence-corrected chi connectivity index (χ1v) is 6.42. The Balaban J connectivity index is 1.91. The number of hydrogen-bond acceptors (Lipinski definition) is 4. The topological polar surface area (TPSA) is 92.9 Å². The summed E-state index contributed by atoms with van der Waals surface area (Å²) in [6.07, 6.45) is 1.88. The van der Waals surface area contributed by atoms with Crippen LogP contribution < -0.4 is 5.73 Å². The molecule has 2 heterocycles. The standard InChI is InChI=1S/C12H20N2O4/c13-10-7-18-6-9(10)12(17)14-3-1-2-8(5-14)4-11(15)16/h8-10H,1-7,13H2,(H,15,16). The van der Waals surface area contributed by atoms with Gasteiger partial charge in [0, 0.05) is 25.6 Å². The summed E-state index contributed by atoms with van der Waals surface area (Å²) in [7, 11) is 0. The molecule has 0 saturated carbocycles. The molecule has 0 bridgehead atoms. The van der Waals surface area contributed by atoms with Crippen molar-refractivity contribution in [3.63, 3.8) is 0 Å². The first-order chi connectivity index (χ1) is 8.58. The van der Waals surface area contributed by atoms with Gasteiger partial charge in [0.05, 0.1) is 19.1 Å². The van der Waals surface area contributed by atoms with Crippen molar-refractivity contribution in [2.75, 3.05) is 26.3 Å². The number of ether oxygens (including phenoxy) is 1. The van der Waals surface area contributed by atoms with Crippen LogP contribution in [0.15, 0.2) is 0 Å². The molecule has 102 valence electrons. The van der Waals surface area contributed by atoms with E-state index in [0.29, 0.717) is 26.3 Å². The lowest BCUT2D eigenvalue weighted by molar-refractivity contribution is -0.142. The van der Waals surface area contributed by atoms with Crippen LogP contribution in [0.3, 0.4) is 0 Å². The SMILES string of the molecule is NC1COCC1C(=O)N1CCCC(CC(=O)O)C1. The van der Waals surface area contributed by atoms with Crippen LogP contribution in [0, 0.1) is 11.8 Å². The van der Waals surface area contributed by atoms with Crippen LogP contribution >= 0.6 is 0 Å². The molecule has 2 aliphatic rings. The Morgan fingerprint density at radius 2 is 2.17 bits per heavy atom. The molecule has 6 nitrogen and oxygen atoms in total. The highest BCUT2D eigenvalue weighted by Crippen LogP contribution is 2.23. The van der Waals surface area contributed by atoms with Crippen molar-refractivity contribution in [2.45, 2.75) is 25.3 Å². The Morgan fingerprint density at radius 3 is 2.78 bits per heavy atom. The molecule has 0 aromatic rings. The van der Waals surface area contributed by atoms with Gasteiger partial charge in [-0.2, -0.15) is 0 Å². The maximum absolute atomic E-state index is 12.3. The summed E-state index contributed by atoms with van der Waals surface area (Å²) in [5.41, 5.74) is 5.84. The quantitative estimate of drug-likeness (QED) is 0.721. The van der Waals surface area contributed by atoms with Gasteiger partial charge in [0.1, 0.15) is 0 Å². The number of carboxylic acid groups (broad SMARTS) is 1. The zero-order chi connectivity index (χ0) is 13.1. The second kappa shape index (κ2) is 5.67. The summed E-state index contributed by atoms with van der Waals surface area (Å²) >= 11 is 0. The van der Waals surface area contributed by atoms with E-state index in [9.17, 15) is 9.59 Å². The number of hydrogen-bond donors (Lipinski definition) is 2. The highest BCUT2D eigenvalue weighted by Gasteiger charge is 2.36. The summed E-state index contributed by atoms with van der Waals surface area (Å²) in [6.45, 7) is 2.06. The molecule has 2 aliphatic heterocycles. The first-order valence-electron chi connectivity index (χ1n) is 6.42. The third-order valence-electron chi connectivity index (χ3n) is 3.74. The molecule has 3 N–H and O–H groups in total. The molecule has 0 aromatic carbocycles. The number of carboxylic acids is 1. The van der Waals surface area contributed by atoms with Crippen molar-refractivity contribution in [3.05, 3.63) is 0 Å². The summed E-state index contributed by atoms with van der Waals surface area (Å²) < 4.78 is 5.21. The van der Waals surface area contributed by atoms with E-state index < -0.39 is 5.97 Å². The summed E-state index contributed by atoms with van der Waals surface area (Å²) in [4.78, 5) is 24.7. The zero-order valence-corrected chi connectivity index (χ0v) is 10.4. The predicted molar refractivity (Wildman–Crippen MR) is 63.8 cm³/mol. The van der Waals surface area contributed by atoms with Crippen LogP contribution in [0.2, 0.25) is 0 Å². The van der Waals surface area contributed by atoms with Crippen molar-refractivity contribution in [1.82, 2.24) is 4.90 Å². The van der Waals surface area contributed by atoms with Gasteiger partial charge in [-0.15, -0.1) is 0 Å². The number of amides is 1. The third-order valence-corrected chi connectivity index (χ3v) is 3.74. The second-order valence-corrected chi connectivity index (χ2v) is 5.20. The van der Waals surface area contributed by atoms with Crippen LogP contribution in [-0.4, -0.2) is 54.2 Å². The van der Waals surface area contributed by atoms with Crippen LogP contribution in [-0.2, 0) is 14.3 Å². The fourth-order valence-corrected chi connectivity index (χ4v) is 2.74. The van der Waals surface area contributed by atoms with Gasteiger partial charge in [0.15, 0.2) is 0 Å². The number of rotatable bonds is 3. The number of nitrogens with two attached hydrogens (primary N) is 1. The van der Waals surface area contributed by atoms with Crippen LogP contribution in [0.5, 0.6) is 0 Å². The Hall–Kier alpha value is -1.14. The lowest BCUT2D eigenvalue weighted by atomic mass is 9.93. The number of carbonyl (C=O) groups is 2. The molecule has 6 heteroatoms. The maximum atomic E-state index is 12.3. The summed E-state index contributed by atoms with van der Waals surface area (Å²) in [5.74, 6) is -0.961. The molecule has 3 atom stereocenters. The number of nitrogens with zero attached hydrogens (tertiary/aromatic N) is 1. The number of aliphatic carboxylic acids is 1. The van der Waals surface area contributed by atoms with Gasteiger partial charge in [-0.25, -0.2) is 0 Å². The minimum Gasteiger partial charge on any atom is -0.481 e. The molecule has 18 heavy (non-hydrogen) atoms. The van der Waals surface area contributed by atoms with Crippen molar-refractivity contribution in [2.24, 2.45) is 17.6 Å². The van der Waals surface area contributed by atoms with Gasteiger partial charge in [0.2, 0.25) is 5.91 Å². The van der Waals surface area contributed by atoms with Crippen LogP contribution in [0.25, 0.3) is 0 Å². The molecular weight excluding hydrogens is 236 g/mol. The minimum absolute atomic E-state index is 0.0232. The average molecular weight is 256 g/mol. The Kier molecular flexibility index (Phi) is 4.19. The number of carbonyl (C=O) groups excluding carboxylic acids is 1. The van der Waals surface area contributed by atoms with E-state index in [2.05, 4.69) is 0 Å². The van der Waals surface area contributed by atoms with Crippen molar-refractivity contribution >= 4 is 11.9 Å². The monoisotopic (exact) mass is 256 g/mol. The van der Waals surface area contributed by atoms with Crippen molar-refractivity contribution < 1.29 is 19.4 Å². The summed E-state index contributed by atoms with van der Waals surface area (Å²) in [6, 6.07) is -0.225.